The minimum atomic E-state index is -1.05. The van der Waals surface area contributed by atoms with Crippen molar-refractivity contribution in [1.82, 2.24) is 0 Å². The van der Waals surface area contributed by atoms with E-state index in [1.165, 1.54) is 0 Å². The van der Waals surface area contributed by atoms with Crippen LogP contribution in [0.1, 0.15) is 34.3 Å². The number of hydrogen-bond donors (Lipinski definition) is 1. The minimum absolute atomic E-state index is 0.0264. The van der Waals surface area contributed by atoms with Gasteiger partial charge in [-0.05, 0) is 25.1 Å². The summed E-state index contributed by atoms with van der Waals surface area (Å²) in [5.74, 6) is 2.32. The molecular formula is C23H23BrO7. The van der Waals surface area contributed by atoms with Gasteiger partial charge in [-0.2, -0.15) is 0 Å². The summed E-state index contributed by atoms with van der Waals surface area (Å²) < 4.78 is 29.0. The van der Waals surface area contributed by atoms with Crippen molar-refractivity contribution < 1.29 is 33.6 Å². The molecule has 5 rings (SSSR count). The largest absolute Gasteiger partial charge is 0.493 e. The van der Waals surface area contributed by atoms with E-state index in [0.29, 0.717) is 46.1 Å². The summed E-state index contributed by atoms with van der Waals surface area (Å²) in [7, 11) is 3.12. The van der Waals surface area contributed by atoms with Crippen molar-refractivity contribution in [1.29, 1.82) is 0 Å². The van der Waals surface area contributed by atoms with Gasteiger partial charge in [0.25, 0.3) is 0 Å². The van der Waals surface area contributed by atoms with Gasteiger partial charge in [-0.15, -0.1) is 0 Å². The highest BCUT2D eigenvalue weighted by Crippen LogP contribution is 2.50. The van der Waals surface area contributed by atoms with Gasteiger partial charge in [0.15, 0.2) is 17.3 Å². The first-order valence-corrected chi connectivity index (χ1v) is 11.2. The van der Waals surface area contributed by atoms with Gasteiger partial charge in [-0.1, -0.05) is 15.9 Å². The van der Waals surface area contributed by atoms with Gasteiger partial charge in [0.05, 0.1) is 25.7 Å². The van der Waals surface area contributed by atoms with Crippen LogP contribution in [-0.4, -0.2) is 54.9 Å². The fourth-order valence-corrected chi connectivity index (χ4v) is 4.86. The predicted octanol–water partition coefficient (Wildman–Crippen LogP) is 3.27. The van der Waals surface area contributed by atoms with Crippen molar-refractivity contribution in [3.8, 4) is 28.7 Å². The second-order valence-corrected chi connectivity index (χ2v) is 8.84. The molecule has 8 heteroatoms. The van der Waals surface area contributed by atoms with Gasteiger partial charge >= 0.3 is 0 Å². The van der Waals surface area contributed by atoms with Gasteiger partial charge < -0.3 is 28.8 Å². The Balaban J connectivity index is 1.55. The second-order valence-electron chi connectivity index (χ2n) is 8.27. The number of aliphatic hydroxyl groups is 1. The molecule has 3 aliphatic rings. The topological polar surface area (TPSA) is 83.5 Å². The maximum Gasteiger partial charge on any atom is 0.178 e. The Bertz CT molecular complexity index is 1060. The highest BCUT2D eigenvalue weighted by Gasteiger charge is 2.47. The van der Waals surface area contributed by atoms with Gasteiger partial charge in [0.2, 0.25) is 0 Å². The minimum Gasteiger partial charge on any atom is -0.493 e. The lowest BCUT2D eigenvalue weighted by atomic mass is 9.81. The number of halogens is 1. The van der Waals surface area contributed by atoms with Crippen molar-refractivity contribution in [3.63, 3.8) is 0 Å². The average Bonchev–Trinajstić information content (AvgIpc) is 3.23. The molecule has 0 radical (unpaired) electrons. The molecule has 0 fully saturated rings. The van der Waals surface area contributed by atoms with Crippen molar-refractivity contribution in [2.75, 3.05) is 26.2 Å². The number of Topliss-reactive ketones (excluding diaryl/α,β-unsaturated/α-hetero) is 1. The Morgan fingerprint density at radius 3 is 2.61 bits per heavy atom. The number of ketones is 1. The molecule has 0 amide bonds. The van der Waals surface area contributed by atoms with Crippen molar-refractivity contribution in [2.24, 2.45) is 0 Å². The Hall–Kier alpha value is -2.45. The van der Waals surface area contributed by atoms with Crippen LogP contribution in [0.5, 0.6) is 28.7 Å². The molecule has 2 aromatic rings. The zero-order valence-corrected chi connectivity index (χ0v) is 19.0. The van der Waals surface area contributed by atoms with Gasteiger partial charge in [-0.25, -0.2) is 0 Å². The van der Waals surface area contributed by atoms with E-state index >= 15 is 0 Å². The Morgan fingerprint density at radius 2 is 1.90 bits per heavy atom. The number of fused-ring (bicyclic) bond motifs is 6. The first-order chi connectivity index (χ1) is 14.9. The Labute approximate surface area is 188 Å². The molecule has 4 atom stereocenters. The number of hydrogen-bond acceptors (Lipinski definition) is 7. The number of ether oxygens (including phenoxy) is 5. The lowest BCUT2D eigenvalue weighted by Crippen LogP contribution is -2.44. The lowest BCUT2D eigenvalue weighted by Gasteiger charge is -2.37. The van der Waals surface area contributed by atoms with Crippen LogP contribution in [0.2, 0.25) is 0 Å². The molecule has 164 valence electrons. The summed E-state index contributed by atoms with van der Waals surface area (Å²) in [6, 6.07) is 7.07. The predicted molar refractivity (Wildman–Crippen MR) is 116 cm³/mol. The normalized spacial score (nSPS) is 24.9. The zero-order valence-electron chi connectivity index (χ0n) is 17.4. The molecule has 1 unspecified atom stereocenters. The first kappa shape index (κ1) is 20.5. The number of alkyl halides is 1. The van der Waals surface area contributed by atoms with E-state index in [1.54, 1.807) is 45.4 Å². The fourth-order valence-electron chi connectivity index (χ4n) is 4.50. The van der Waals surface area contributed by atoms with E-state index in [4.69, 9.17) is 23.7 Å². The molecule has 7 nitrogen and oxygen atoms in total. The molecule has 31 heavy (non-hydrogen) atoms. The fraction of sp³-hybridized carbons (Fsp3) is 0.435. The van der Waals surface area contributed by atoms with E-state index < -0.39 is 23.7 Å². The summed E-state index contributed by atoms with van der Waals surface area (Å²) in [4.78, 5) is 13.6. The van der Waals surface area contributed by atoms with E-state index in [-0.39, 0.29) is 12.4 Å². The molecule has 0 saturated carbocycles. The number of rotatable bonds is 4. The second kappa shape index (κ2) is 7.31. The highest BCUT2D eigenvalue weighted by molar-refractivity contribution is 9.09. The Kier molecular flexibility index (Phi) is 4.82. The van der Waals surface area contributed by atoms with Crippen molar-refractivity contribution >= 4 is 21.7 Å². The van der Waals surface area contributed by atoms with Crippen LogP contribution in [-0.2, 0) is 6.42 Å². The summed E-state index contributed by atoms with van der Waals surface area (Å²) >= 11 is 3.34. The molecule has 2 aromatic carbocycles. The van der Waals surface area contributed by atoms with E-state index in [9.17, 15) is 9.90 Å². The quantitative estimate of drug-likeness (QED) is 0.662. The zero-order chi connectivity index (χ0) is 21.9. The van der Waals surface area contributed by atoms with Crippen LogP contribution in [0, 0.1) is 0 Å². The van der Waals surface area contributed by atoms with Crippen molar-refractivity contribution in [2.45, 2.75) is 37.1 Å². The van der Waals surface area contributed by atoms with Crippen molar-refractivity contribution in [3.05, 3.63) is 41.0 Å². The van der Waals surface area contributed by atoms with E-state index in [1.807, 2.05) is 0 Å². The number of carbonyl (C=O) groups excluding carboxylic acids is 1. The van der Waals surface area contributed by atoms with Crippen LogP contribution >= 0.6 is 15.9 Å². The summed E-state index contributed by atoms with van der Waals surface area (Å²) in [6.07, 6.45) is -0.428. The maximum atomic E-state index is 13.6. The van der Waals surface area contributed by atoms with Crippen LogP contribution in [0.15, 0.2) is 24.3 Å². The lowest BCUT2D eigenvalue weighted by molar-refractivity contribution is -0.0181. The molecule has 0 saturated heterocycles. The monoisotopic (exact) mass is 488 g/mol. The molecule has 0 bridgehead atoms. The number of carbonyl (C=O) groups is 1. The molecule has 3 aliphatic heterocycles. The van der Waals surface area contributed by atoms with E-state index in [2.05, 4.69) is 15.9 Å². The molecule has 1 N–H and O–H groups in total. The number of methoxy groups -OCH3 is 2. The van der Waals surface area contributed by atoms with Gasteiger partial charge in [0.1, 0.15) is 41.7 Å². The SMILES string of the molecule is COc1cc2c(cc1OC)[C@@H]1C(=O)c3ccc4c(c3O[C@@H]1CO2)CC([C@](C)(O)C[77Br])O4. The molecule has 0 spiro atoms. The summed E-state index contributed by atoms with van der Waals surface area (Å²) in [5, 5.41) is 11.0. The molecule has 0 aromatic heterocycles. The van der Waals surface area contributed by atoms with Crippen LogP contribution in [0.4, 0.5) is 0 Å². The first-order valence-electron chi connectivity index (χ1n) is 10.1. The number of benzene rings is 2. The third-order valence-electron chi connectivity index (χ3n) is 6.28. The van der Waals surface area contributed by atoms with Crippen LogP contribution in [0.25, 0.3) is 0 Å². The summed E-state index contributed by atoms with van der Waals surface area (Å²) in [5.41, 5.74) is 1.01. The van der Waals surface area contributed by atoms with Crippen LogP contribution < -0.4 is 23.7 Å². The van der Waals surface area contributed by atoms with Gasteiger partial charge in [0, 0.05) is 28.9 Å². The van der Waals surface area contributed by atoms with E-state index in [0.717, 1.165) is 11.1 Å². The molecule has 0 aliphatic carbocycles. The smallest absolute Gasteiger partial charge is 0.178 e. The highest BCUT2D eigenvalue weighted by atomic mass is 76.9. The molecule has 3 heterocycles. The Morgan fingerprint density at radius 1 is 1.16 bits per heavy atom. The third-order valence-corrected chi connectivity index (χ3v) is 7.42. The van der Waals surface area contributed by atoms with Gasteiger partial charge in [-0.3, -0.25) is 4.79 Å². The maximum absolute atomic E-state index is 13.6. The third kappa shape index (κ3) is 3.07. The van der Waals surface area contributed by atoms with Crippen LogP contribution in [0.3, 0.4) is 0 Å². The average molecular weight is 488 g/mol. The standard InChI is InChI=1S/C23H23BrO7/c1-23(26,10-24)19-7-13-14(30-19)5-4-11-21(25)20-12-6-16(27-2)17(28-3)8-15(12)29-9-18(20)31-22(11)13/h4-6,8,18-20,26H,7,9-10H2,1-3H3/t18-,19?,20+,23-/m1/s1/i24-3. The molecular weight excluding hydrogens is 465 g/mol. The summed E-state index contributed by atoms with van der Waals surface area (Å²) in [6.45, 7) is 1.96.